The molecule has 0 aliphatic rings. The van der Waals surface area contributed by atoms with Gasteiger partial charge in [-0.05, 0) is 79.6 Å². The van der Waals surface area contributed by atoms with Gasteiger partial charge >= 0.3 is 5.97 Å². The SMILES string of the molecule is Cc1cc2c(C(=O)O)csc2cc1CCC(C)Cc1cc(-c2ccc(Cl)cc2)on1. The highest BCUT2D eigenvalue weighted by atomic mass is 35.5. The Morgan fingerprint density at radius 1 is 1.23 bits per heavy atom. The molecule has 0 aliphatic carbocycles. The van der Waals surface area contributed by atoms with Crippen molar-refractivity contribution in [3.05, 3.63) is 75.3 Å². The molecule has 30 heavy (non-hydrogen) atoms. The molecule has 4 aromatic rings. The molecular weight excluding hydrogens is 418 g/mol. The molecule has 4 nitrogen and oxygen atoms in total. The quantitative estimate of drug-likeness (QED) is 0.335. The maximum absolute atomic E-state index is 11.4. The zero-order valence-electron chi connectivity index (χ0n) is 16.8. The van der Waals surface area contributed by atoms with Crippen LogP contribution in [0.4, 0.5) is 0 Å². The molecule has 1 N–H and O–H groups in total. The molecule has 2 aromatic carbocycles. The van der Waals surface area contributed by atoms with Crippen molar-refractivity contribution < 1.29 is 14.4 Å². The van der Waals surface area contributed by atoms with Crippen molar-refractivity contribution in [2.45, 2.75) is 33.1 Å². The summed E-state index contributed by atoms with van der Waals surface area (Å²) in [5, 5.41) is 16.8. The van der Waals surface area contributed by atoms with Crippen LogP contribution in [0.25, 0.3) is 21.4 Å². The molecule has 0 saturated heterocycles. The summed E-state index contributed by atoms with van der Waals surface area (Å²) in [6.07, 6.45) is 2.82. The largest absolute Gasteiger partial charge is 0.478 e. The number of aromatic nitrogens is 1. The van der Waals surface area contributed by atoms with Crippen LogP contribution in [-0.2, 0) is 12.8 Å². The standard InChI is InChI=1S/C24H22ClNO3S/c1-14(9-19-12-22(29-26-19)16-5-7-18(25)8-6-16)3-4-17-11-23-20(10-15(17)2)21(13-30-23)24(27)28/h5-8,10-14H,3-4,9H2,1-2H3,(H,27,28). The average Bonchev–Trinajstić information content (AvgIpc) is 3.33. The lowest BCUT2D eigenvalue weighted by Gasteiger charge is -2.11. The van der Waals surface area contributed by atoms with Crippen molar-refractivity contribution in [3.8, 4) is 11.3 Å². The molecular formula is C24H22ClNO3S. The molecule has 1 unspecified atom stereocenters. The lowest BCUT2D eigenvalue weighted by molar-refractivity contribution is 0.0699. The van der Waals surface area contributed by atoms with E-state index in [2.05, 4.69) is 25.1 Å². The number of halogens is 1. The van der Waals surface area contributed by atoms with Crippen molar-refractivity contribution in [2.75, 3.05) is 0 Å². The number of thiophene rings is 1. The van der Waals surface area contributed by atoms with Crippen LogP contribution in [-0.4, -0.2) is 16.2 Å². The van der Waals surface area contributed by atoms with E-state index in [0.717, 1.165) is 51.9 Å². The zero-order valence-corrected chi connectivity index (χ0v) is 18.4. The molecule has 6 heteroatoms. The Labute approximate surface area is 184 Å². The summed E-state index contributed by atoms with van der Waals surface area (Å²) < 4.78 is 6.54. The van der Waals surface area contributed by atoms with Crippen LogP contribution >= 0.6 is 22.9 Å². The fourth-order valence-electron chi connectivity index (χ4n) is 3.68. The van der Waals surface area contributed by atoms with Gasteiger partial charge in [0.25, 0.3) is 0 Å². The molecule has 154 valence electrons. The molecule has 1 atom stereocenters. The maximum Gasteiger partial charge on any atom is 0.337 e. The van der Waals surface area contributed by atoms with E-state index in [1.54, 1.807) is 5.38 Å². The van der Waals surface area contributed by atoms with Crippen LogP contribution in [0.1, 0.15) is 40.5 Å². The van der Waals surface area contributed by atoms with E-state index in [0.29, 0.717) is 16.5 Å². The number of hydrogen-bond acceptors (Lipinski definition) is 4. The van der Waals surface area contributed by atoms with E-state index in [4.69, 9.17) is 16.1 Å². The van der Waals surface area contributed by atoms with Gasteiger partial charge in [-0.2, -0.15) is 0 Å². The van der Waals surface area contributed by atoms with E-state index in [9.17, 15) is 9.90 Å². The Morgan fingerprint density at radius 3 is 2.73 bits per heavy atom. The number of nitrogens with zero attached hydrogens (tertiary/aromatic N) is 1. The van der Waals surface area contributed by atoms with Crippen LogP contribution in [0.5, 0.6) is 0 Å². The summed E-state index contributed by atoms with van der Waals surface area (Å²) in [5.41, 5.74) is 4.72. The van der Waals surface area contributed by atoms with Crippen LogP contribution < -0.4 is 0 Å². The van der Waals surface area contributed by atoms with Crippen molar-refractivity contribution >= 4 is 39.0 Å². The highest BCUT2D eigenvalue weighted by Gasteiger charge is 2.14. The first-order valence-electron chi connectivity index (χ1n) is 9.86. The molecule has 0 spiro atoms. The fourth-order valence-corrected chi connectivity index (χ4v) is 4.78. The Balaban J connectivity index is 1.40. The van der Waals surface area contributed by atoms with Crippen LogP contribution in [0.3, 0.4) is 0 Å². The molecule has 2 aromatic heterocycles. The van der Waals surface area contributed by atoms with Gasteiger partial charge in [0.2, 0.25) is 0 Å². The minimum absolute atomic E-state index is 0.389. The van der Waals surface area contributed by atoms with Crippen molar-refractivity contribution in [2.24, 2.45) is 5.92 Å². The predicted octanol–water partition coefficient (Wildman–Crippen LogP) is 7.03. The normalized spacial score (nSPS) is 12.4. The van der Waals surface area contributed by atoms with Crippen LogP contribution in [0.15, 0.2) is 52.4 Å². The zero-order chi connectivity index (χ0) is 21.3. The third-order valence-corrected chi connectivity index (χ3v) is 6.61. The van der Waals surface area contributed by atoms with Gasteiger partial charge in [0.15, 0.2) is 5.76 Å². The van der Waals surface area contributed by atoms with Gasteiger partial charge in [-0.3, -0.25) is 0 Å². The number of aromatic carboxylic acids is 1. The Kier molecular flexibility index (Phi) is 5.93. The Morgan fingerprint density at radius 2 is 2.00 bits per heavy atom. The number of carbonyl (C=O) groups is 1. The number of fused-ring (bicyclic) bond motifs is 1. The maximum atomic E-state index is 11.4. The monoisotopic (exact) mass is 439 g/mol. The second kappa shape index (κ2) is 8.62. The first-order valence-corrected chi connectivity index (χ1v) is 11.1. The highest BCUT2D eigenvalue weighted by molar-refractivity contribution is 7.17. The lowest BCUT2D eigenvalue weighted by atomic mass is 9.94. The summed E-state index contributed by atoms with van der Waals surface area (Å²) in [4.78, 5) is 11.4. The summed E-state index contributed by atoms with van der Waals surface area (Å²) >= 11 is 7.44. The van der Waals surface area contributed by atoms with Crippen LogP contribution in [0, 0.1) is 12.8 Å². The fraction of sp³-hybridized carbons (Fsp3) is 0.250. The van der Waals surface area contributed by atoms with E-state index < -0.39 is 5.97 Å². The summed E-state index contributed by atoms with van der Waals surface area (Å²) in [7, 11) is 0. The van der Waals surface area contributed by atoms with Crippen molar-refractivity contribution in [1.29, 1.82) is 0 Å². The number of carboxylic acids is 1. The Bertz CT molecular complexity index is 1190. The van der Waals surface area contributed by atoms with E-state index in [1.165, 1.54) is 16.9 Å². The molecule has 4 rings (SSSR count). The minimum Gasteiger partial charge on any atom is -0.478 e. The molecule has 2 heterocycles. The first-order chi connectivity index (χ1) is 14.4. The summed E-state index contributed by atoms with van der Waals surface area (Å²) in [5.74, 6) is 0.330. The summed E-state index contributed by atoms with van der Waals surface area (Å²) in [6, 6.07) is 13.7. The number of benzene rings is 2. The molecule has 0 saturated carbocycles. The van der Waals surface area contributed by atoms with Gasteiger partial charge in [0.1, 0.15) is 0 Å². The third-order valence-electron chi connectivity index (χ3n) is 5.41. The lowest BCUT2D eigenvalue weighted by Crippen LogP contribution is -2.03. The topological polar surface area (TPSA) is 63.3 Å². The third kappa shape index (κ3) is 4.42. The Hall–Kier alpha value is -2.63. The smallest absolute Gasteiger partial charge is 0.337 e. The second-order valence-electron chi connectivity index (χ2n) is 7.77. The van der Waals surface area contributed by atoms with Gasteiger partial charge in [-0.15, -0.1) is 11.3 Å². The van der Waals surface area contributed by atoms with Gasteiger partial charge in [0.05, 0.1) is 11.3 Å². The van der Waals surface area contributed by atoms with E-state index in [-0.39, 0.29) is 0 Å². The van der Waals surface area contributed by atoms with Gasteiger partial charge in [-0.1, -0.05) is 23.7 Å². The molecule has 0 radical (unpaired) electrons. The van der Waals surface area contributed by atoms with Crippen molar-refractivity contribution in [1.82, 2.24) is 5.16 Å². The molecule has 0 aliphatic heterocycles. The molecule has 0 amide bonds. The predicted molar refractivity (Wildman–Crippen MR) is 122 cm³/mol. The number of rotatable bonds is 7. The van der Waals surface area contributed by atoms with Gasteiger partial charge < -0.3 is 9.63 Å². The van der Waals surface area contributed by atoms with Crippen molar-refractivity contribution in [3.63, 3.8) is 0 Å². The second-order valence-corrected chi connectivity index (χ2v) is 9.11. The van der Waals surface area contributed by atoms with Gasteiger partial charge in [-0.25, -0.2) is 4.79 Å². The molecule has 0 fully saturated rings. The number of aryl methyl sites for hydroxylation is 2. The average molecular weight is 440 g/mol. The van der Waals surface area contributed by atoms with Crippen LogP contribution in [0.2, 0.25) is 5.02 Å². The number of hydrogen-bond donors (Lipinski definition) is 1. The minimum atomic E-state index is -0.868. The van der Waals surface area contributed by atoms with Gasteiger partial charge in [0, 0.05) is 32.1 Å². The van der Waals surface area contributed by atoms with E-state index >= 15 is 0 Å². The first kappa shape index (κ1) is 20.6. The van der Waals surface area contributed by atoms with E-state index in [1.807, 2.05) is 36.4 Å². The molecule has 0 bridgehead atoms. The highest BCUT2D eigenvalue weighted by Crippen LogP contribution is 2.30. The number of carboxylic acid groups (broad SMARTS) is 1. The summed E-state index contributed by atoms with van der Waals surface area (Å²) in [6.45, 7) is 4.27.